The van der Waals surface area contributed by atoms with Crippen LogP contribution in [0.3, 0.4) is 0 Å². The average molecular weight is 506 g/mol. The van der Waals surface area contributed by atoms with E-state index in [1.54, 1.807) is 19.0 Å². The molecular weight excluding hydrogens is 458 g/mol. The molecule has 198 valence electrons. The van der Waals surface area contributed by atoms with Gasteiger partial charge >= 0.3 is 11.9 Å². The van der Waals surface area contributed by atoms with Crippen LogP contribution in [0.25, 0.3) is 0 Å². The SMILES string of the molecule is CCOC(=O)C(CCCCCCCCCCC[Si](C)(C)c1ccccc1)(NC(C)=O)C(=O)OCC. The Morgan fingerprint density at radius 1 is 0.771 bits per heavy atom. The summed E-state index contributed by atoms with van der Waals surface area (Å²) in [5.74, 6) is -1.94. The summed E-state index contributed by atoms with van der Waals surface area (Å²) in [5, 5.41) is 4.08. The number of rotatable bonds is 18. The third kappa shape index (κ3) is 11.0. The molecule has 0 aromatic heterocycles. The van der Waals surface area contributed by atoms with Crippen molar-refractivity contribution in [2.45, 2.75) is 110 Å². The third-order valence-corrected chi connectivity index (χ3v) is 10.0. The molecule has 1 N–H and O–H groups in total. The summed E-state index contributed by atoms with van der Waals surface area (Å²) in [4.78, 5) is 37.0. The first-order valence-electron chi connectivity index (χ1n) is 13.4. The molecule has 1 aromatic rings. The minimum atomic E-state index is -1.76. The zero-order valence-corrected chi connectivity index (χ0v) is 23.6. The van der Waals surface area contributed by atoms with Crippen LogP contribution in [0.15, 0.2) is 30.3 Å². The summed E-state index contributed by atoms with van der Waals surface area (Å²) < 4.78 is 10.2. The number of amides is 1. The Hall–Kier alpha value is -2.15. The number of benzene rings is 1. The summed E-state index contributed by atoms with van der Waals surface area (Å²) >= 11 is 0. The third-order valence-electron chi connectivity index (χ3n) is 6.55. The standard InChI is InChI=1S/C28H47NO5Si/c1-6-33-26(31)28(29-24(3)30,27(32)34-7-2)22-18-13-11-9-8-10-12-14-19-23-35(4,5)25-20-16-15-17-21-25/h15-17,20-21H,6-14,18-19,22-23H2,1-5H3,(H,29,30). The van der Waals surface area contributed by atoms with E-state index in [2.05, 4.69) is 48.7 Å². The van der Waals surface area contributed by atoms with Crippen molar-refractivity contribution in [2.24, 2.45) is 0 Å². The summed E-state index contributed by atoms with van der Waals surface area (Å²) in [6.07, 6.45) is 10.2. The Labute approximate surface area is 213 Å². The van der Waals surface area contributed by atoms with E-state index in [-0.39, 0.29) is 19.6 Å². The van der Waals surface area contributed by atoms with Gasteiger partial charge in [-0.25, -0.2) is 9.59 Å². The first-order chi connectivity index (χ1) is 16.7. The van der Waals surface area contributed by atoms with E-state index in [4.69, 9.17) is 9.47 Å². The van der Waals surface area contributed by atoms with Gasteiger partial charge in [0, 0.05) is 6.92 Å². The number of hydrogen-bond donors (Lipinski definition) is 1. The van der Waals surface area contributed by atoms with Gasteiger partial charge in [-0.1, -0.05) is 106 Å². The lowest BCUT2D eigenvalue weighted by Gasteiger charge is -2.29. The second kappa shape index (κ2) is 16.5. The van der Waals surface area contributed by atoms with Crippen molar-refractivity contribution in [1.82, 2.24) is 5.32 Å². The summed E-state index contributed by atoms with van der Waals surface area (Å²) in [6.45, 7) is 9.83. The summed E-state index contributed by atoms with van der Waals surface area (Å²) in [6, 6.07) is 12.3. The van der Waals surface area contributed by atoms with Crippen molar-refractivity contribution < 1.29 is 23.9 Å². The van der Waals surface area contributed by atoms with Crippen LogP contribution in [0.5, 0.6) is 0 Å². The van der Waals surface area contributed by atoms with Crippen molar-refractivity contribution >= 4 is 31.1 Å². The van der Waals surface area contributed by atoms with E-state index in [1.165, 1.54) is 45.1 Å². The normalized spacial score (nSPS) is 11.7. The van der Waals surface area contributed by atoms with Crippen LogP contribution in [0, 0.1) is 0 Å². The van der Waals surface area contributed by atoms with E-state index in [0.29, 0.717) is 6.42 Å². The van der Waals surface area contributed by atoms with Gasteiger partial charge < -0.3 is 14.8 Å². The molecule has 0 spiro atoms. The van der Waals surface area contributed by atoms with Gasteiger partial charge in [0.25, 0.3) is 0 Å². The smallest absolute Gasteiger partial charge is 0.343 e. The van der Waals surface area contributed by atoms with E-state index < -0.39 is 31.5 Å². The van der Waals surface area contributed by atoms with Gasteiger partial charge in [0.15, 0.2) is 0 Å². The zero-order valence-electron chi connectivity index (χ0n) is 22.6. The molecule has 1 rings (SSSR count). The molecule has 0 bridgehead atoms. The van der Waals surface area contributed by atoms with Crippen LogP contribution in [-0.4, -0.2) is 44.7 Å². The number of ether oxygens (including phenoxy) is 2. The molecule has 0 saturated heterocycles. The minimum absolute atomic E-state index is 0.130. The zero-order chi connectivity index (χ0) is 26.2. The molecule has 0 heterocycles. The molecule has 0 saturated carbocycles. The molecule has 1 aromatic carbocycles. The lowest BCUT2D eigenvalue weighted by molar-refractivity contribution is -0.168. The number of esters is 2. The Balaban J connectivity index is 2.31. The second-order valence-electron chi connectivity index (χ2n) is 9.96. The van der Waals surface area contributed by atoms with Crippen molar-refractivity contribution in [3.05, 3.63) is 30.3 Å². The van der Waals surface area contributed by atoms with Crippen LogP contribution in [-0.2, 0) is 23.9 Å². The van der Waals surface area contributed by atoms with Gasteiger partial charge in [0.05, 0.1) is 21.3 Å². The number of nitrogens with one attached hydrogen (secondary N) is 1. The Morgan fingerprint density at radius 2 is 1.23 bits per heavy atom. The van der Waals surface area contributed by atoms with Gasteiger partial charge in [-0.05, 0) is 26.7 Å². The fourth-order valence-electron chi connectivity index (χ4n) is 4.49. The average Bonchev–Trinajstić information content (AvgIpc) is 2.82. The quantitative estimate of drug-likeness (QED) is 0.123. The van der Waals surface area contributed by atoms with Crippen molar-refractivity contribution in [2.75, 3.05) is 13.2 Å². The van der Waals surface area contributed by atoms with Crippen LogP contribution >= 0.6 is 0 Å². The Bertz CT molecular complexity index is 748. The predicted octanol–water partition coefficient (Wildman–Crippen LogP) is 5.50. The number of unbranched alkanes of at least 4 members (excludes halogenated alkanes) is 8. The molecule has 0 aliphatic heterocycles. The number of carbonyl (C=O) groups excluding carboxylic acids is 3. The first kappa shape index (κ1) is 30.9. The van der Waals surface area contributed by atoms with Crippen LogP contribution in [0.2, 0.25) is 19.1 Å². The highest BCUT2D eigenvalue weighted by Gasteiger charge is 2.49. The van der Waals surface area contributed by atoms with E-state index in [9.17, 15) is 14.4 Å². The van der Waals surface area contributed by atoms with Crippen molar-refractivity contribution in [1.29, 1.82) is 0 Å². The lowest BCUT2D eigenvalue weighted by atomic mass is 9.91. The summed E-state index contributed by atoms with van der Waals surface area (Å²) in [5.41, 5.74) is -1.76. The van der Waals surface area contributed by atoms with Gasteiger partial charge in [-0.3, -0.25) is 4.79 Å². The van der Waals surface area contributed by atoms with Gasteiger partial charge in [-0.15, -0.1) is 0 Å². The van der Waals surface area contributed by atoms with Crippen LogP contribution < -0.4 is 10.5 Å². The Morgan fingerprint density at radius 3 is 1.69 bits per heavy atom. The fourth-order valence-corrected chi connectivity index (χ4v) is 7.01. The van der Waals surface area contributed by atoms with Crippen LogP contribution in [0.1, 0.15) is 85.0 Å². The van der Waals surface area contributed by atoms with Crippen molar-refractivity contribution in [3.8, 4) is 0 Å². The maximum Gasteiger partial charge on any atom is 0.343 e. The molecule has 1 amide bonds. The molecule has 0 radical (unpaired) electrons. The highest BCUT2D eigenvalue weighted by atomic mass is 28.3. The maximum absolute atomic E-state index is 12.6. The minimum Gasteiger partial charge on any atom is -0.464 e. The van der Waals surface area contributed by atoms with Crippen molar-refractivity contribution in [3.63, 3.8) is 0 Å². The first-order valence-corrected chi connectivity index (χ1v) is 16.6. The number of carbonyl (C=O) groups is 3. The maximum atomic E-state index is 12.6. The van der Waals surface area contributed by atoms with Crippen LogP contribution in [0.4, 0.5) is 0 Å². The molecule has 0 aliphatic rings. The van der Waals surface area contributed by atoms with Gasteiger partial charge in [0.2, 0.25) is 11.4 Å². The van der Waals surface area contributed by atoms with Gasteiger partial charge in [0.1, 0.15) is 0 Å². The largest absolute Gasteiger partial charge is 0.464 e. The molecule has 0 fully saturated rings. The van der Waals surface area contributed by atoms with E-state index in [0.717, 1.165) is 19.3 Å². The topological polar surface area (TPSA) is 81.7 Å². The van der Waals surface area contributed by atoms with E-state index >= 15 is 0 Å². The molecule has 0 aliphatic carbocycles. The van der Waals surface area contributed by atoms with E-state index in [1.807, 2.05) is 0 Å². The highest BCUT2D eigenvalue weighted by molar-refractivity contribution is 6.89. The molecular formula is C28H47NO5Si. The molecule has 35 heavy (non-hydrogen) atoms. The number of hydrogen-bond acceptors (Lipinski definition) is 5. The highest BCUT2D eigenvalue weighted by Crippen LogP contribution is 2.22. The molecule has 0 unspecified atom stereocenters. The molecule has 6 nitrogen and oxygen atoms in total. The molecule has 7 heteroatoms. The Kier molecular flexibility index (Phi) is 14.6. The van der Waals surface area contributed by atoms with Gasteiger partial charge in [-0.2, -0.15) is 0 Å². The molecule has 0 atom stereocenters. The summed E-state index contributed by atoms with van der Waals surface area (Å²) in [7, 11) is -1.31. The monoisotopic (exact) mass is 505 g/mol. The second-order valence-corrected chi connectivity index (χ2v) is 14.8. The predicted molar refractivity (Wildman–Crippen MR) is 144 cm³/mol. The fraction of sp³-hybridized carbons (Fsp3) is 0.679. The lowest BCUT2D eigenvalue weighted by Crippen LogP contribution is -2.61.